The van der Waals surface area contributed by atoms with Crippen LogP contribution in [-0.4, -0.2) is 20.2 Å². The topological polar surface area (TPSA) is 92.5 Å². The molecule has 0 saturated heterocycles. The number of benzene rings is 2. The van der Waals surface area contributed by atoms with Crippen molar-refractivity contribution < 1.29 is 0 Å². The number of nitrogens with one attached hydrogen (secondary N) is 2. The molecule has 0 saturated carbocycles. The van der Waals surface area contributed by atoms with Gasteiger partial charge >= 0.3 is 0 Å². The van der Waals surface area contributed by atoms with Gasteiger partial charge in [-0.25, -0.2) is 4.98 Å². The van der Waals surface area contributed by atoms with Crippen LogP contribution in [0.3, 0.4) is 0 Å². The van der Waals surface area contributed by atoms with Gasteiger partial charge in [-0.3, -0.25) is 5.10 Å². The number of hydrogen-bond donors (Lipinski definition) is 3. The summed E-state index contributed by atoms with van der Waals surface area (Å²) in [7, 11) is 0. The van der Waals surface area contributed by atoms with Crippen molar-refractivity contribution in [2.45, 2.75) is 0 Å². The summed E-state index contributed by atoms with van der Waals surface area (Å²) in [6, 6.07) is 13.5. The Labute approximate surface area is 142 Å². The highest BCUT2D eigenvalue weighted by Gasteiger charge is 2.09. The highest BCUT2D eigenvalue weighted by molar-refractivity contribution is 6.30. The number of aromatic nitrogens is 4. The van der Waals surface area contributed by atoms with Crippen LogP contribution in [-0.2, 0) is 0 Å². The smallest absolute Gasteiger partial charge is 0.221 e. The second-order valence-corrected chi connectivity index (χ2v) is 5.73. The van der Waals surface area contributed by atoms with Crippen LogP contribution in [0.2, 0.25) is 5.02 Å². The largest absolute Gasteiger partial charge is 0.368 e. The first kappa shape index (κ1) is 14.5. The summed E-state index contributed by atoms with van der Waals surface area (Å²) in [4.78, 5) is 8.06. The molecule has 118 valence electrons. The molecule has 0 atom stereocenters. The Kier molecular flexibility index (Phi) is 3.51. The molecular formula is C17H13ClN6. The molecule has 0 unspecified atom stereocenters. The van der Waals surface area contributed by atoms with Crippen LogP contribution in [0.4, 0.5) is 17.5 Å². The maximum Gasteiger partial charge on any atom is 0.221 e. The highest BCUT2D eigenvalue weighted by Crippen LogP contribution is 2.32. The van der Waals surface area contributed by atoms with Gasteiger partial charge in [0.05, 0.1) is 11.7 Å². The minimum absolute atomic E-state index is 0.224. The summed E-state index contributed by atoms with van der Waals surface area (Å²) in [6.45, 7) is 0. The Hall–Kier alpha value is -3.12. The fraction of sp³-hybridized carbons (Fsp3) is 0. The Morgan fingerprint density at radius 1 is 1.08 bits per heavy atom. The van der Waals surface area contributed by atoms with Crippen LogP contribution >= 0.6 is 11.6 Å². The lowest BCUT2D eigenvalue weighted by atomic mass is 10.0. The van der Waals surface area contributed by atoms with Crippen LogP contribution in [0, 0.1) is 0 Å². The predicted molar refractivity (Wildman–Crippen MR) is 96.3 cm³/mol. The van der Waals surface area contributed by atoms with Crippen molar-refractivity contribution in [1.82, 2.24) is 20.2 Å². The standard InChI is InChI=1S/C17H13ClN6/c18-12-3-1-10(2-4-12)14-8-13(7-11-9-21-24-16(11)14)22-15-5-6-20-17(19)23-15/h1-9H,(H,21,24)(H3,19,20,22,23). The molecule has 0 aliphatic carbocycles. The molecule has 0 bridgehead atoms. The fourth-order valence-corrected chi connectivity index (χ4v) is 2.70. The number of nitrogen functional groups attached to an aromatic ring is 1. The lowest BCUT2D eigenvalue weighted by Gasteiger charge is -2.10. The SMILES string of the molecule is Nc1nccc(Nc2cc(-c3ccc(Cl)cc3)c3[nH]ncc3c2)n1. The molecule has 0 amide bonds. The van der Waals surface area contributed by atoms with Crippen LogP contribution in [0.15, 0.2) is 54.9 Å². The van der Waals surface area contributed by atoms with E-state index < -0.39 is 0 Å². The molecule has 0 aliphatic rings. The summed E-state index contributed by atoms with van der Waals surface area (Å²) in [5.41, 5.74) is 9.54. The molecule has 2 heterocycles. The third kappa shape index (κ3) is 2.75. The average molecular weight is 337 g/mol. The van der Waals surface area contributed by atoms with Crippen LogP contribution in [0.25, 0.3) is 22.0 Å². The van der Waals surface area contributed by atoms with Crippen molar-refractivity contribution in [2.24, 2.45) is 0 Å². The summed E-state index contributed by atoms with van der Waals surface area (Å²) in [5, 5.41) is 12.1. The first-order chi connectivity index (χ1) is 11.7. The van der Waals surface area contributed by atoms with E-state index in [2.05, 4.69) is 25.5 Å². The lowest BCUT2D eigenvalue weighted by Crippen LogP contribution is -1.99. The van der Waals surface area contributed by atoms with E-state index in [1.807, 2.05) is 36.4 Å². The molecule has 6 nitrogen and oxygen atoms in total. The van der Waals surface area contributed by atoms with E-state index in [1.165, 1.54) is 0 Å². The van der Waals surface area contributed by atoms with E-state index in [9.17, 15) is 0 Å². The van der Waals surface area contributed by atoms with Gasteiger partial charge in [0.25, 0.3) is 0 Å². The van der Waals surface area contributed by atoms with E-state index in [0.29, 0.717) is 10.8 Å². The molecule has 0 radical (unpaired) electrons. The van der Waals surface area contributed by atoms with Gasteiger partial charge in [-0.15, -0.1) is 0 Å². The second-order valence-electron chi connectivity index (χ2n) is 5.29. The maximum atomic E-state index is 5.99. The van der Waals surface area contributed by atoms with Gasteiger partial charge in [0, 0.05) is 27.9 Å². The number of fused-ring (bicyclic) bond motifs is 1. The van der Waals surface area contributed by atoms with Crippen molar-refractivity contribution in [1.29, 1.82) is 0 Å². The summed E-state index contributed by atoms with van der Waals surface area (Å²) in [6.07, 6.45) is 3.40. The molecule has 0 spiro atoms. The van der Waals surface area contributed by atoms with Crippen LogP contribution in [0.5, 0.6) is 0 Å². The quantitative estimate of drug-likeness (QED) is 0.526. The minimum atomic E-state index is 0.224. The number of halogens is 1. The number of nitrogens with two attached hydrogens (primary N) is 1. The van der Waals surface area contributed by atoms with Crippen LogP contribution < -0.4 is 11.1 Å². The molecule has 4 aromatic rings. The lowest BCUT2D eigenvalue weighted by molar-refractivity contribution is 1.12. The van der Waals surface area contributed by atoms with Gasteiger partial charge in [0.2, 0.25) is 5.95 Å². The molecule has 0 aliphatic heterocycles. The molecule has 0 fully saturated rings. The van der Waals surface area contributed by atoms with E-state index in [1.54, 1.807) is 18.5 Å². The van der Waals surface area contributed by atoms with Crippen molar-refractivity contribution >= 4 is 40.0 Å². The Balaban J connectivity index is 1.81. The minimum Gasteiger partial charge on any atom is -0.368 e. The van der Waals surface area contributed by atoms with Gasteiger partial charge in [-0.05, 0) is 35.9 Å². The summed E-state index contributed by atoms with van der Waals surface area (Å²) in [5.74, 6) is 0.856. The van der Waals surface area contributed by atoms with Gasteiger partial charge in [-0.1, -0.05) is 23.7 Å². The molecule has 4 N–H and O–H groups in total. The van der Waals surface area contributed by atoms with E-state index in [0.717, 1.165) is 27.7 Å². The van der Waals surface area contributed by atoms with Gasteiger partial charge in [0.1, 0.15) is 5.82 Å². The first-order valence-electron chi connectivity index (χ1n) is 7.28. The zero-order valence-corrected chi connectivity index (χ0v) is 13.2. The van der Waals surface area contributed by atoms with Crippen molar-refractivity contribution in [3.8, 4) is 11.1 Å². The number of nitrogens with zero attached hydrogens (tertiary/aromatic N) is 3. The molecule has 4 rings (SSSR count). The van der Waals surface area contributed by atoms with E-state index in [-0.39, 0.29) is 5.95 Å². The Morgan fingerprint density at radius 2 is 1.92 bits per heavy atom. The van der Waals surface area contributed by atoms with Crippen molar-refractivity contribution in [3.05, 3.63) is 59.9 Å². The van der Waals surface area contributed by atoms with Gasteiger partial charge in [0.15, 0.2) is 0 Å². The second kappa shape index (κ2) is 5.82. The zero-order valence-electron chi connectivity index (χ0n) is 12.5. The Bertz CT molecular complexity index is 1010. The first-order valence-corrected chi connectivity index (χ1v) is 7.65. The molecule has 24 heavy (non-hydrogen) atoms. The third-order valence-electron chi connectivity index (χ3n) is 3.65. The number of anilines is 3. The predicted octanol–water partition coefficient (Wildman–Crippen LogP) is 4.00. The Morgan fingerprint density at radius 3 is 2.71 bits per heavy atom. The van der Waals surface area contributed by atoms with Gasteiger partial charge in [-0.2, -0.15) is 10.1 Å². The zero-order chi connectivity index (χ0) is 16.5. The van der Waals surface area contributed by atoms with E-state index >= 15 is 0 Å². The maximum absolute atomic E-state index is 5.99. The summed E-state index contributed by atoms with van der Waals surface area (Å²) < 4.78 is 0. The number of rotatable bonds is 3. The van der Waals surface area contributed by atoms with Gasteiger partial charge < -0.3 is 11.1 Å². The monoisotopic (exact) mass is 336 g/mol. The number of hydrogen-bond acceptors (Lipinski definition) is 5. The fourth-order valence-electron chi connectivity index (χ4n) is 2.58. The van der Waals surface area contributed by atoms with Crippen molar-refractivity contribution in [3.63, 3.8) is 0 Å². The molecule has 2 aromatic heterocycles. The number of H-pyrrole nitrogens is 1. The molecule has 2 aromatic carbocycles. The van der Waals surface area contributed by atoms with E-state index in [4.69, 9.17) is 17.3 Å². The van der Waals surface area contributed by atoms with Crippen LogP contribution in [0.1, 0.15) is 0 Å². The third-order valence-corrected chi connectivity index (χ3v) is 3.90. The molecule has 7 heteroatoms. The normalized spacial score (nSPS) is 10.9. The molecular weight excluding hydrogens is 324 g/mol. The summed E-state index contributed by atoms with van der Waals surface area (Å²) >= 11 is 5.99. The number of aromatic amines is 1. The average Bonchev–Trinajstić information content (AvgIpc) is 3.03. The van der Waals surface area contributed by atoms with Crippen molar-refractivity contribution in [2.75, 3.05) is 11.1 Å². The highest BCUT2D eigenvalue weighted by atomic mass is 35.5.